The summed E-state index contributed by atoms with van der Waals surface area (Å²) in [5.74, 6) is 0.505. The topological polar surface area (TPSA) is 55.1 Å². The van der Waals surface area contributed by atoms with Gasteiger partial charge in [-0.3, -0.25) is 4.79 Å². The third-order valence-corrected chi connectivity index (χ3v) is 3.20. The molecule has 0 unspecified atom stereocenters. The lowest BCUT2D eigenvalue weighted by Gasteiger charge is -2.06. The zero-order valence-corrected chi connectivity index (χ0v) is 12.0. The molecule has 0 radical (unpaired) electrons. The molecule has 21 heavy (non-hydrogen) atoms. The maximum atomic E-state index is 11.7. The maximum absolute atomic E-state index is 11.7. The Hall–Kier alpha value is -2.62. The Morgan fingerprint density at radius 2 is 1.90 bits per heavy atom. The zero-order chi connectivity index (χ0) is 14.8. The van der Waals surface area contributed by atoms with Gasteiger partial charge in [-0.15, -0.1) is 0 Å². The van der Waals surface area contributed by atoms with Crippen LogP contribution in [0.1, 0.15) is 13.8 Å². The van der Waals surface area contributed by atoms with Crippen LogP contribution in [0.3, 0.4) is 0 Å². The average molecular weight is 280 g/mol. The van der Waals surface area contributed by atoms with Gasteiger partial charge >= 0.3 is 0 Å². The van der Waals surface area contributed by atoms with Crippen LogP contribution in [0.4, 0.5) is 5.69 Å². The molecule has 0 atom stereocenters. The summed E-state index contributed by atoms with van der Waals surface area (Å²) in [6, 6.07) is 15.2. The van der Waals surface area contributed by atoms with E-state index >= 15 is 0 Å². The van der Waals surface area contributed by atoms with Crippen molar-refractivity contribution in [2.45, 2.75) is 13.8 Å². The predicted molar refractivity (Wildman–Crippen MR) is 82.9 cm³/mol. The third-order valence-electron chi connectivity index (χ3n) is 3.20. The number of benzene rings is 2. The van der Waals surface area contributed by atoms with Crippen LogP contribution >= 0.6 is 0 Å². The van der Waals surface area contributed by atoms with E-state index in [0.717, 1.165) is 16.8 Å². The first-order valence-electron chi connectivity index (χ1n) is 6.90. The lowest BCUT2D eigenvalue weighted by Crippen LogP contribution is -2.17. The predicted octanol–water partition coefficient (Wildman–Crippen LogP) is 4.09. The summed E-state index contributed by atoms with van der Waals surface area (Å²) in [7, 11) is 0. The van der Waals surface area contributed by atoms with Crippen LogP contribution in [0.15, 0.2) is 52.9 Å². The quantitative estimate of drug-likeness (QED) is 0.786. The maximum Gasteiger partial charge on any atom is 0.227 e. The van der Waals surface area contributed by atoms with Gasteiger partial charge in [-0.05, 0) is 24.3 Å². The number of aromatic nitrogens is 1. The highest BCUT2D eigenvalue weighted by molar-refractivity contribution is 5.94. The van der Waals surface area contributed by atoms with Crippen LogP contribution < -0.4 is 5.32 Å². The monoisotopic (exact) mass is 280 g/mol. The van der Waals surface area contributed by atoms with Crippen molar-refractivity contribution in [1.82, 2.24) is 4.98 Å². The summed E-state index contributed by atoms with van der Waals surface area (Å²) in [6.45, 7) is 3.71. The number of carbonyl (C=O) groups is 1. The standard InChI is InChI=1S/C17H16N2O2/c1-11(2)16(20)18-13-8-9-14-15(10-13)21-17(19-14)12-6-4-3-5-7-12/h3-11H,1-2H3,(H,18,20). The SMILES string of the molecule is CC(C)C(=O)Nc1ccc2nc(-c3ccccc3)oc2c1. The molecule has 1 aromatic heterocycles. The van der Waals surface area contributed by atoms with E-state index in [1.807, 2.05) is 56.3 Å². The molecule has 1 amide bonds. The Kier molecular flexibility index (Phi) is 3.44. The molecule has 0 spiro atoms. The van der Waals surface area contributed by atoms with Gasteiger partial charge in [-0.25, -0.2) is 4.98 Å². The van der Waals surface area contributed by atoms with Gasteiger partial charge in [0.25, 0.3) is 0 Å². The van der Waals surface area contributed by atoms with Crippen molar-refractivity contribution >= 4 is 22.7 Å². The third kappa shape index (κ3) is 2.79. The molecule has 0 fully saturated rings. The lowest BCUT2D eigenvalue weighted by molar-refractivity contribution is -0.118. The Morgan fingerprint density at radius 3 is 2.62 bits per heavy atom. The van der Waals surface area contributed by atoms with Crippen LogP contribution in [-0.2, 0) is 4.79 Å². The molecule has 3 rings (SSSR count). The number of fused-ring (bicyclic) bond motifs is 1. The van der Waals surface area contributed by atoms with Gasteiger partial charge in [-0.2, -0.15) is 0 Å². The number of hydrogen-bond donors (Lipinski definition) is 1. The van der Waals surface area contributed by atoms with Crippen molar-refractivity contribution in [3.63, 3.8) is 0 Å². The molecule has 2 aromatic carbocycles. The van der Waals surface area contributed by atoms with Crippen LogP contribution in [0.2, 0.25) is 0 Å². The molecular formula is C17H16N2O2. The largest absolute Gasteiger partial charge is 0.436 e. The van der Waals surface area contributed by atoms with Gasteiger partial charge in [0.2, 0.25) is 11.8 Å². The first-order chi connectivity index (χ1) is 10.1. The van der Waals surface area contributed by atoms with Crippen LogP contribution in [0, 0.1) is 5.92 Å². The Labute approximate surface area is 122 Å². The highest BCUT2D eigenvalue weighted by Crippen LogP contribution is 2.26. The summed E-state index contributed by atoms with van der Waals surface area (Å²) in [4.78, 5) is 16.2. The van der Waals surface area contributed by atoms with Crippen LogP contribution in [-0.4, -0.2) is 10.9 Å². The number of anilines is 1. The van der Waals surface area contributed by atoms with Crippen molar-refractivity contribution < 1.29 is 9.21 Å². The molecule has 0 aliphatic carbocycles. The Bertz CT molecular complexity index is 776. The summed E-state index contributed by atoms with van der Waals surface area (Å²) in [5.41, 5.74) is 3.09. The van der Waals surface area contributed by atoms with E-state index in [0.29, 0.717) is 11.5 Å². The number of hydrogen-bond acceptors (Lipinski definition) is 3. The van der Waals surface area contributed by atoms with Gasteiger partial charge in [0, 0.05) is 23.2 Å². The van der Waals surface area contributed by atoms with Gasteiger partial charge in [0.1, 0.15) is 5.52 Å². The molecule has 106 valence electrons. The molecule has 0 saturated heterocycles. The van der Waals surface area contributed by atoms with Gasteiger partial charge < -0.3 is 9.73 Å². The first kappa shape index (κ1) is 13.4. The van der Waals surface area contributed by atoms with E-state index < -0.39 is 0 Å². The van der Waals surface area contributed by atoms with Crippen molar-refractivity contribution in [2.75, 3.05) is 5.32 Å². The van der Waals surface area contributed by atoms with Crippen molar-refractivity contribution in [1.29, 1.82) is 0 Å². The molecule has 1 heterocycles. The van der Waals surface area contributed by atoms with E-state index in [2.05, 4.69) is 10.3 Å². The van der Waals surface area contributed by atoms with Gasteiger partial charge in [-0.1, -0.05) is 32.0 Å². The molecule has 0 bridgehead atoms. The highest BCUT2D eigenvalue weighted by Gasteiger charge is 2.11. The summed E-state index contributed by atoms with van der Waals surface area (Å²) in [6.07, 6.45) is 0. The van der Waals surface area contributed by atoms with Crippen molar-refractivity contribution in [3.8, 4) is 11.5 Å². The van der Waals surface area contributed by atoms with E-state index in [9.17, 15) is 4.79 Å². The minimum absolute atomic E-state index is 0.0165. The normalized spacial score (nSPS) is 11.0. The van der Waals surface area contributed by atoms with E-state index in [1.165, 1.54) is 0 Å². The molecule has 4 heteroatoms. The molecule has 4 nitrogen and oxygen atoms in total. The summed E-state index contributed by atoms with van der Waals surface area (Å²) < 4.78 is 5.77. The second kappa shape index (κ2) is 5.40. The number of carbonyl (C=O) groups excluding carboxylic acids is 1. The van der Waals surface area contributed by atoms with Crippen LogP contribution in [0.25, 0.3) is 22.6 Å². The second-order valence-corrected chi connectivity index (χ2v) is 5.21. The summed E-state index contributed by atoms with van der Waals surface area (Å²) >= 11 is 0. The minimum Gasteiger partial charge on any atom is -0.436 e. The number of rotatable bonds is 3. The van der Waals surface area contributed by atoms with Crippen LogP contribution in [0.5, 0.6) is 0 Å². The summed E-state index contributed by atoms with van der Waals surface area (Å²) in [5, 5.41) is 2.86. The lowest BCUT2D eigenvalue weighted by atomic mass is 10.2. The molecule has 3 aromatic rings. The first-order valence-corrected chi connectivity index (χ1v) is 6.90. The molecule has 0 saturated carbocycles. The van der Waals surface area contributed by atoms with Gasteiger partial charge in [0.15, 0.2) is 5.58 Å². The molecule has 0 aliphatic rings. The fourth-order valence-electron chi connectivity index (χ4n) is 1.99. The minimum atomic E-state index is -0.0599. The molecule has 0 aliphatic heterocycles. The fraction of sp³-hybridized carbons (Fsp3) is 0.176. The Balaban J connectivity index is 1.94. The molecular weight excluding hydrogens is 264 g/mol. The zero-order valence-electron chi connectivity index (χ0n) is 12.0. The highest BCUT2D eigenvalue weighted by atomic mass is 16.3. The fourth-order valence-corrected chi connectivity index (χ4v) is 1.99. The van der Waals surface area contributed by atoms with Gasteiger partial charge in [0.05, 0.1) is 0 Å². The second-order valence-electron chi connectivity index (χ2n) is 5.21. The van der Waals surface area contributed by atoms with Crippen molar-refractivity contribution in [3.05, 3.63) is 48.5 Å². The number of nitrogens with one attached hydrogen (secondary N) is 1. The van der Waals surface area contributed by atoms with Crippen molar-refractivity contribution in [2.24, 2.45) is 5.92 Å². The molecule has 1 N–H and O–H groups in total. The average Bonchev–Trinajstić information content (AvgIpc) is 2.91. The number of amides is 1. The van der Waals surface area contributed by atoms with E-state index in [4.69, 9.17) is 4.42 Å². The smallest absolute Gasteiger partial charge is 0.227 e. The Morgan fingerprint density at radius 1 is 1.14 bits per heavy atom. The number of oxazole rings is 1. The number of nitrogens with zero attached hydrogens (tertiary/aromatic N) is 1. The van der Waals surface area contributed by atoms with E-state index in [1.54, 1.807) is 6.07 Å². The van der Waals surface area contributed by atoms with E-state index in [-0.39, 0.29) is 11.8 Å².